The molecule has 0 amide bonds. The smallest absolute Gasteiger partial charge is 0.193 e. The molecule has 0 spiro atoms. The fourth-order valence-corrected chi connectivity index (χ4v) is 3.02. The molecule has 0 aliphatic carbocycles. The number of nitrogens with one attached hydrogen (secondary N) is 1. The lowest BCUT2D eigenvalue weighted by Crippen LogP contribution is -2.39. The number of hydrogen-bond acceptors (Lipinski definition) is 4. The van der Waals surface area contributed by atoms with E-state index in [0.717, 1.165) is 48.2 Å². The quantitative estimate of drug-likeness (QED) is 0.238. The van der Waals surface area contributed by atoms with Crippen LogP contribution in [0.25, 0.3) is 0 Å². The highest BCUT2D eigenvalue weighted by Crippen LogP contribution is 2.25. The van der Waals surface area contributed by atoms with Gasteiger partial charge in [0.2, 0.25) is 0 Å². The fraction of sp³-hybridized carbons (Fsp3) is 0.409. The summed E-state index contributed by atoms with van der Waals surface area (Å²) in [5.41, 5.74) is 2.34. The number of hydrogen-bond donors (Lipinski definition) is 1. The monoisotopic (exact) mass is 513 g/mol. The fourth-order valence-electron chi connectivity index (χ4n) is 3.02. The van der Waals surface area contributed by atoms with Crippen molar-refractivity contribution in [2.45, 2.75) is 19.4 Å². The zero-order chi connectivity index (χ0) is 20.4. The maximum Gasteiger partial charge on any atom is 0.193 e. The molecular formula is C22H32IN3O3. The van der Waals surface area contributed by atoms with Crippen LogP contribution in [0.1, 0.15) is 17.5 Å². The second kappa shape index (κ2) is 13.1. The second-order valence-electron chi connectivity index (χ2n) is 6.46. The first-order valence-corrected chi connectivity index (χ1v) is 9.37. The van der Waals surface area contributed by atoms with Crippen LogP contribution in [0.3, 0.4) is 0 Å². The normalized spacial score (nSPS) is 10.7. The Hall–Kier alpha value is -2.16. The molecule has 2 aromatic carbocycles. The van der Waals surface area contributed by atoms with Crippen LogP contribution in [0, 0.1) is 0 Å². The van der Waals surface area contributed by atoms with E-state index in [9.17, 15) is 0 Å². The van der Waals surface area contributed by atoms with Crippen LogP contribution < -0.4 is 19.5 Å². The molecule has 1 N–H and O–H groups in total. The van der Waals surface area contributed by atoms with Gasteiger partial charge < -0.3 is 24.4 Å². The molecular weight excluding hydrogens is 481 g/mol. The van der Waals surface area contributed by atoms with E-state index in [2.05, 4.69) is 27.3 Å². The summed E-state index contributed by atoms with van der Waals surface area (Å²) >= 11 is 0. The van der Waals surface area contributed by atoms with Gasteiger partial charge in [0, 0.05) is 38.8 Å². The molecule has 0 saturated heterocycles. The molecule has 0 radical (unpaired) electrons. The molecule has 0 saturated carbocycles. The molecule has 0 aliphatic heterocycles. The number of nitrogens with zero attached hydrogens (tertiary/aromatic N) is 2. The number of halogens is 1. The lowest BCUT2D eigenvalue weighted by molar-refractivity contribution is 0.382. The Bertz CT molecular complexity index is 784. The number of benzene rings is 2. The summed E-state index contributed by atoms with van der Waals surface area (Å²) in [6.45, 7) is 1.52. The third-order valence-electron chi connectivity index (χ3n) is 4.53. The van der Waals surface area contributed by atoms with Crippen LogP contribution in [0.2, 0.25) is 0 Å². The Labute approximate surface area is 191 Å². The van der Waals surface area contributed by atoms with E-state index in [4.69, 9.17) is 14.2 Å². The van der Waals surface area contributed by atoms with Crippen LogP contribution >= 0.6 is 24.0 Å². The van der Waals surface area contributed by atoms with Gasteiger partial charge in [-0.05, 0) is 42.7 Å². The summed E-state index contributed by atoms with van der Waals surface area (Å²) in [6.07, 6.45) is 1.99. The first kappa shape index (κ1) is 24.9. The second-order valence-corrected chi connectivity index (χ2v) is 6.46. The van der Waals surface area contributed by atoms with Crippen molar-refractivity contribution < 1.29 is 14.2 Å². The van der Waals surface area contributed by atoms with Gasteiger partial charge in [-0.25, -0.2) is 0 Å². The maximum absolute atomic E-state index is 5.49. The average molecular weight is 513 g/mol. The Morgan fingerprint density at radius 2 is 1.72 bits per heavy atom. The number of methoxy groups -OCH3 is 3. The molecule has 0 aromatic heterocycles. The van der Waals surface area contributed by atoms with Crippen LogP contribution in [0.5, 0.6) is 17.2 Å². The van der Waals surface area contributed by atoms with E-state index in [0.29, 0.717) is 6.54 Å². The van der Waals surface area contributed by atoms with E-state index in [1.807, 2.05) is 37.4 Å². The van der Waals surface area contributed by atoms with Gasteiger partial charge in [-0.15, -0.1) is 24.0 Å². The van der Waals surface area contributed by atoms with Crippen LogP contribution in [-0.2, 0) is 13.0 Å². The lowest BCUT2D eigenvalue weighted by atomic mass is 10.1. The highest BCUT2D eigenvalue weighted by Gasteiger charge is 2.11. The zero-order valence-electron chi connectivity index (χ0n) is 17.9. The minimum atomic E-state index is 0. The summed E-state index contributed by atoms with van der Waals surface area (Å²) in [7, 11) is 8.83. The topological polar surface area (TPSA) is 55.3 Å². The van der Waals surface area contributed by atoms with Crippen molar-refractivity contribution in [1.29, 1.82) is 0 Å². The maximum atomic E-state index is 5.49. The number of rotatable bonds is 9. The summed E-state index contributed by atoms with van der Waals surface area (Å²) in [6, 6.07) is 14.0. The van der Waals surface area contributed by atoms with Gasteiger partial charge in [-0.3, -0.25) is 4.99 Å². The number of aryl methyl sites for hydroxylation is 1. The molecule has 0 unspecified atom stereocenters. The van der Waals surface area contributed by atoms with E-state index < -0.39 is 0 Å². The highest BCUT2D eigenvalue weighted by atomic mass is 127. The van der Waals surface area contributed by atoms with Crippen molar-refractivity contribution in [1.82, 2.24) is 10.2 Å². The summed E-state index contributed by atoms with van der Waals surface area (Å²) in [4.78, 5) is 6.47. The van der Waals surface area contributed by atoms with Crippen molar-refractivity contribution in [3.05, 3.63) is 53.6 Å². The molecule has 0 atom stereocenters. The SMILES string of the molecule is CN=C(NCCCc1cccc(OC)c1)N(C)Cc1ccc(OC)cc1OC.I. The van der Waals surface area contributed by atoms with Gasteiger partial charge in [-0.1, -0.05) is 12.1 Å². The Morgan fingerprint density at radius 3 is 2.38 bits per heavy atom. The summed E-state index contributed by atoms with van der Waals surface area (Å²) < 4.78 is 16.0. The standard InChI is InChI=1S/C22H31N3O3.HI/c1-23-22(24-13-7-9-17-8-6-10-19(14-17)26-3)25(2)16-18-11-12-20(27-4)15-21(18)28-5;/h6,8,10-12,14-15H,7,9,13,16H2,1-5H3,(H,23,24);1H. The molecule has 0 bridgehead atoms. The highest BCUT2D eigenvalue weighted by molar-refractivity contribution is 14.0. The largest absolute Gasteiger partial charge is 0.497 e. The van der Waals surface area contributed by atoms with Crippen LogP contribution in [0.4, 0.5) is 0 Å². The number of aliphatic imine (C=N–C) groups is 1. The molecule has 7 heteroatoms. The van der Waals surface area contributed by atoms with Gasteiger partial charge in [0.25, 0.3) is 0 Å². The predicted molar refractivity (Wildman–Crippen MR) is 129 cm³/mol. The first-order chi connectivity index (χ1) is 13.6. The van der Waals surface area contributed by atoms with Gasteiger partial charge >= 0.3 is 0 Å². The first-order valence-electron chi connectivity index (χ1n) is 9.37. The van der Waals surface area contributed by atoms with Crippen molar-refractivity contribution in [3.63, 3.8) is 0 Å². The van der Waals surface area contributed by atoms with E-state index in [-0.39, 0.29) is 24.0 Å². The number of guanidine groups is 1. The molecule has 160 valence electrons. The summed E-state index contributed by atoms with van der Waals surface area (Å²) in [5, 5.41) is 3.43. The molecule has 2 aromatic rings. The van der Waals surface area contributed by atoms with Gasteiger partial charge in [0.05, 0.1) is 21.3 Å². The van der Waals surface area contributed by atoms with Gasteiger partial charge in [0.15, 0.2) is 5.96 Å². The van der Waals surface area contributed by atoms with Crippen molar-refractivity contribution in [2.24, 2.45) is 4.99 Å². The van der Waals surface area contributed by atoms with Crippen molar-refractivity contribution >= 4 is 29.9 Å². The minimum absolute atomic E-state index is 0. The third kappa shape index (κ3) is 7.64. The van der Waals surface area contributed by atoms with E-state index in [1.54, 1.807) is 28.4 Å². The van der Waals surface area contributed by atoms with Crippen molar-refractivity contribution in [3.8, 4) is 17.2 Å². The molecule has 0 heterocycles. The molecule has 0 aliphatic rings. The molecule has 0 fully saturated rings. The van der Waals surface area contributed by atoms with E-state index in [1.165, 1.54) is 5.56 Å². The molecule has 2 rings (SSSR count). The van der Waals surface area contributed by atoms with Crippen LogP contribution in [0.15, 0.2) is 47.5 Å². The lowest BCUT2D eigenvalue weighted by Gasteiger charge is -2.23. The summed E-state index contributed by atoms with van der Waals surface area (Å²) in [5.74, 6) is 3.33. The Kier molecular flexibility index (Phi) is 11.3. The third-order valence-corrected chi connectivity index (χ3v) is 4.53. The van der Waals surface area contributed by atoms with Crippen molar-refractivity contribution in [2.75, 3.05) is 42.0 Å². The minimum Gasteiger partial charge on any atom is -0.497 e. The zero-order valence-corrected chi connectivity index (χ0v) is 20.2. The predicted octanol–water partition coefficient (Wildman–Crippen LogP) is 3.97. The van der Waals surface area contributed by atoms with Gasteiger partial charge in [-0.2, -0.15) is 0 Å². The van der Waals surface area contributed by atoms with Gasteiger partial charge in [0.1, 0.15) is 17.2 Å². The Morgan fingerprint density at radius 1 is 1.00 bits per heavy atom. The molecule has 6 nitrogen and oxygen atoms in total. The average Bonchev–Trinajstić information content (AvgIpc) is 2.74. The number of ether oxygens (including phenoxy) is 3. The molecule has 29 heavy (non-hydrogen) atoms. The van der Waals surface area contributed by atoms with E-state index >= 15 is 0 Å². The van der Waals surface area contributed by atoms with Crippen LogP contribution in [-0.4, -0.2) is 52.8 Å². The Balaban J connectivity index is 0.00000420.